The highest BCUT2D eigenvalue weighted by molar-refractivity contribution is 7.90. The van der Waals surface area contributed by atoms with E-state index in [4.69, 9.17) is 16.3 Å². The third-order valence-electron chi connectivity index (χ3n) is 12.0. The fourth-order valence-corrected chi connectivity index (χ4v) is 10.0. The molecule has 2 N–H and O–H groups in total. The van der Waals surface area contributed by atoms with Crippen molar-refractivity contribution in [3.05, 3.63) is 58.1 Å². The summed E-state index contributed by atoms with van der Waals surface area (Å²) in [6.45, 7) is 5.89. The minimum absolute atomic E-state index is 0.0505. The van der Waals surface area contributed by atoms with Crippen LogP contribution in [0.4, 0.5) is 18.9 Å². The smallest absolute Gasteiger partial charge is 0.401 e. The SMILES string of the molecule is C[C@@H]1[C@@H](C)CCCC(O)(CN2CCN(CC(F)(F)F)CC2)[C@@H]2CC[C@H]2CN2CCCCc3cc(Cl)ccc3COc3ccc(cc32)C(=O)NS1(=O)=O. The molecule has 4 aliphatic rings. The lowest BCUT2D eigenvalue weighted by Gasteiger charge is -2.51. The molecule has 1 saturated heterocycles. The Bertz CT molecular complexity index is 1690. The van der Waals surface area contributed by atoms with Crippen molar-refractivity contribution in [3.8, 4) is 5.75 Å². The van der Waals surface area contributed by atoms with Gasteiger partial charge in [-0.2, -0.15) is 13.2 Å². The predicted octanol–water partition coefficient (Wildman–Crippen LogP) is 6.27. The van der Waals surface area contributed by atoms with Gasteiger partial charge in [-0.05, 0) is 111 Å². The Kier molecular flexibility index (Phi) is 12.1. The van der Waals surface area contributed by atoms with Crippen molar-refractivity contribution in [1.82, 2.24) is 14.5 Å². The van der Waals surface area contributed by atoms with E-state index in [0.717, 1.165) is 43.2 Å². The minimum Gasteiger partial charge on any atom is -0.487 e. The molecule has 3 heterocycles. The molecule has 6 rings (SSSR count). The average molecular weight is 769 g/mol. The van der Waals surface area contributed by atoms with Crippen LogP contribution in [0.3, 0.4) is 0 Å². The number of nitrogens with zero attached hydrogens (tertiary/aromatic N) is 3. The normalized spacial score (nSPS) is 29.8. The quantitative estimate of drug-likeness (QED) is 0.377. The van der Waals surface area contributed by atoms with Crippen molar-refractivity contribution in [1.29, 1.82) is 0 Å². The molecule has 2 aromatic rings. The molecule has 52 heavy (non-hydrogen) atoms. The largest absolute Gasteiger partial charge is 0.487 e. The number of amides is 1. The van der Waals surface area contributed by atoms with E-state index in [2.05, 4.69) is 14.5 Å². The van der Waals surface area contributed by atoms with Gasteiger partial charge in [-0.3, -0.25) is 14.6 Å². The molecule has 2 bridgehead atoms. The molecule has 2 fully saturated rings. The number of anilines is 1. The summed E-state index contributed by atoms with van der Waals surface area (Å²) in [6, 6.07) is 10.9. The topological polar surface area (TPSA) is 102 Å². The highest BCUT2D eigenvalue weighted by Gasteiger charge is 2.48. The summed E-state index contributed by atoms with van der Waals surface area (Å²) >= 11 is 6.35. The molecule has 1 saturated carbocycles. The predicted molar refractivity (Wildman–Crippen MR) is 196 cm³/mol. The summed E-state index contributed by atoms with van der Waals surface area (Å²) in [7, 11) is -4.02. The number of β-amino-alcohol motifs (C(OH)–C–C–N with tert-alkyl or cyclic N) is 1. The molecule has 288 valence electrons. The van der Waals surface area contributed by atoms with Crippen LogP contribution >= 0.6 is 11.6 Å². The van der Waals surface area contributed by atoms with Gasteiger partial charge in [0.2, 0.25) is 10.0 Å². The third kappa shape index (κ3) is 9.37. The summed E-state index contributed by atoms with van der Waals surface area (Å²) in [5, 5.41) is 12.4. The number of carbonyl (C=O) groups excluding carboxylic acids is 1. The lowest BCUT2D eigenvalue weighted by atomic mass is 9.62. The number of piperazine rings is 1. The Morgan fingerprint density at radius 1 is 0.962 bits per heavy atom. The Morgan fingerprint density at radius 3 is 2.42 bits per heavy atom. The Balaban J connectivity index is 1.32. The fourth-order valence-electron chi connectivity index (χ4n) is 8.54. The number of benzene rings is 2. The van der Waals surface area contributed by atoms with Crippen molar-refractivity contribution in [2.24, 2.45) is 17.8 Å². The summed E-state index contributed by atoms with van der Waals surface area (Å²) in [6.07, 6.45) is 1.61. The number of alkyl halides is 3. The molecule has 0 spiro atoms. The lowest BCUT2D eigenvalue weighted by molar-refractivity contribution is -0.152. The second-order valence-electron chi connectivity index (χ2n) is 15.6. The molecule has 1 amide bonds. The maximum absolute atomic E-state index is 13.5. The van der Waals surface area contributed by atoms with Gasteiger partial charge in [-0.1, -0.05) is 31.0 Å². The number of aliphatic hydroxyl groups is 1. The van der Waals surface area contributed by atoms with Crippen molar-refractivity contribution >= 4 is 33.2 Å². The number of sulfonamides is 1. The van der Waals surface area contributed by atoms with Gasteiger partial charge in [0.1, 0.15) is 12.4 Å². The van der Waals surface area contributed by atoms with Crippen molar-refractivity contribution in [2.75, 3.05) is 57.3 Å². The van der Waals surface area contributed by atoms with Crippen molar-refractivity contribution < 1.29 is 36.2 Å². The van der Waals surface area contributed by atoms with Crippen LogP contribution < -0.4 is 14.4 Å². The molecular weight excluding hydrogens is 717 g/mol. The fraction of sp³-hybridized carbons (Fsp3) is 0.658. The number of ether oxygens (including phenoxy) is 1. The maximum Gasteiger partial charge on any atom is 0.401 e. The summed E-state index contributed by atoms with van der Waals surface area (Å²) < 4.78 is 75.0. The molecule has 0 radical (unpaired) electrons. The number of halogens is 4. The molecule has 0 aromatic heterocycles. The van der Waals surface area contributed by atoms with Gasteiger partial charge >= 0.3 is 6.18 Å². The van der Waals surface area contributed by atoms with E-state index in [9.17, 15) is 31.5 Å². The highest BCUT2D eigenvalue weighted by atomic mass is 35.5. The Morgan fingerprint density at radius 2 is 1.71 bits per heavy atom. The van der Waals surface area contributed by atoms with Crippen LogP contribution in [-0.2, 0) is 23.1 Å². The van der Waals surface area contributed by atoms with E-state index < -0.39 is 39.5 Å². The van der Waals surface area contributed by atoms with Crippen LogP contribution in [0.5, 0.6) is 5.75 Å². The molecule has 14 heteroatoms. The summed E-state index contributed by atoms with van der Waals surface area (Å²) in [5.74, 6) is -0.319. The molecule has 5 atom stereocenters. The highest BCUT2D eigenvalue weighted by Crippen LogP contribution is 2.46. The van der Waals surface area contributed by atoms with Crippen LogP contribution in [0.25, 0.3) is 0 Å². The third-order valence-corrected chi connectivity index (χ3v) is 14.1. The molecule has 1 unspecified atom stereocenters. The average Bonchev–Trinajstić information content (AvgIpc) is 3.09. The number of carbonyl (C=O) groups is 1. The van der Waals surface area contributed by atoms with Gasteiger partial charge in [-0.25, -0.2) is 13.1 Å². The lowest BCUT2D eigenvalue weighted by Crippen LogP contribution is -2.59. The number of nitrogens with one attached hydrogen (secondary N) is 1. The summed E-state index contributed by atoms with van der Waals surface area (Å²) in [4.78, 5) is 19.3. The van der Waals surface area contributed by atoms with E-state index in [0.29, 0.717) is 75.1 Å². The second-order valence-corrected chi connectivity index (χ2v) is 18.0. The van der Waals surface area contributed by atoms with E-state index in [1.165, 1.54) is 4.90 Å². The van der Waals surface area contributed by atoms with Crippen molar-refractivity contribution in [3.63, 3.8) is 0 Å². The van der Waals surface area contributed by atoms with Crippen LogP contribution in [-0.4, -0.2) is 98.6 Å². The first-order valence-corrected chi connectivity index (χ1v) is 20.6. The van der Waals surface area contributed by atoms with E-state index in [1.54, 1.807) is 25.1 Å². The van der Waals surface area contributed by atoms with Gasteiger partial charge in [0.05, 0.1) is 23.1 Å². The maximum atomic E-state index is 13.5. The van der Waals surface area contributed by atoms with Gasteiger partial charge in [0, 0.05) is 56.4 Å². The van der Waals surface area contributed by atoms with Gasteiger partial charge < -0.3 is 14.7 Å². The summed E-state index contributed by atoms with van der Waals surface area (Å²) in [5.41, 5.74) is 1.97. The minimum atomic E-state index is -4.25. The molecular formula is C38H52ClF3N4O5S. The van der Waals surface area contributed by atoms with Crippen LogP contribution in [0.15, 0.2) is 36.4 Å². The van der Waals surface area contributed by atoms with Crippen LogP contribution in [0, 0.1) is 17.8 Å². The van der Waals surface area contributed by atoms with Crippen LogP contribution in [0.2, 0.25) is 5.02 Å². The number of fused-ring (bicyclic) bond motifs is 3. The number of aryl methyl sites for hydroxylation is 1. The molecule has 9 nitrogen and oxygen atoms in total. The Hall–Kier alpha value is -2.58. The van der Waals surface area contributed by atoms with Gasteiger partial charge in [0.25, 0.3) is 5.91 Å². The molecule has 2 aromatic carbocycles. The number of hydrogen-bond donors (Lipinski definition) is 2. The zero-order valence-corrected chi connectivity index (χ0v) is 31.7. The van der Waals surface area contributed by atoms with E-state index in [1.807, 2.05) is 25.1 Å². The number of rotatable bonds is 3. The monoisotopic (exact) mass is 768 g/mol. The number of hydrogen-bond acceptors (Lipinski definition) is 8. The Labute approximate surface area is 310 Å². The first-order valence-electron chi connectivity index (χ1n) is 18.7. The zero-order valence-electron chi connectivity index (χ0n) is 30.1. The van der Waals surface area contributed by atoms with Crippen molar-refractivity contribution in [2.45, 2.75) is 88.8 Å². The standard InChI is InChI=1S/C38H52ClF3N4O5S/c1-26-6-5-14-37(48,24-44-16-18-45(19-17-44)25-38(40,41)42)33-12-9-30(33)22-46-15-4-3-7-28-20-32(39)11-8-31(28)23-51-35-13-10-29(21-34(35)46)36(47)43-52(49,50)27(26)2/h8,10-11,13,20-21,26-27,30,33,48H,3-7,9,12,14-19,22-25H2,1-2H3,(H,43,47)/t26-,27+,30-,33+,37?/m0/s1. The van der Waals surface area contributed by atoms with Crippen LogP contribution in [0.1, 0.15) is 80.3 Å². The first kappa shape index (κ1) is 39.1. The molecule has 1 aliphatic carbocycles. The van der Waals surface area contributed by atoms with Gasteiger partial charge in [0.15, 0.2) is 0 Å². The van der Waals surface area contributed by atoms with E-state index >= 15 is 0 Å². The van der Waals surface area contributed by atoms with E-state index in [-0.39, 0.29) is 36.4 Å². The first-order chi connectivity index (χ1) is 24.6. The molecule has 3 aliphatic heterocycles. The van der Waals surface area contributed by atoms with Gasteiger partial charge in [-0.15, -0.1) is 0 Å². The zero-order chi connectivity index (χ0) is 37.3. The second kappa shape index (κ2) is 16.0.